The van der Waals surface area contributed by atoms with Crippen molar-refractivity contribution >= 4 is 27.8 Å². The molecule has 4 aromatic rings. The molecule has 0 atom stereocenters. The molecule has 0 bridgehead atoms. The molecule has 11 heteroatoms. The molecule has 198 valence electrons. The third-order valence-electron chi connectivity index (χ3n) is 5.22. The molecule has 0 aliphatic rings. The van der Waals surface area contributed by atoms with Gasteiger partial charge >= 0.3 is 6.09 Å². The van der Waals surface area contributed by atoms with Crippen LogP contribution in [0, 0.1) is 5.82 Å². The van der Waals surface area contributed by atoms with Crippen LogP contribution in [0.4, 0.5) is 20.8 Å². The van der Waals surface area contributed by atoms with Crippen molar-refractivity contribution in [1.82, 2.24) is 15.0 Å². The Labute approximate surface area is 221 Å². The van der Waals surface area contributed by atoms with Gasteiger partial charge in [-0.25, -0.2) is 19.2 Å². The standard InChI is InChI=1S/C27H28FN5O4S/c1-3-36-27(34)33-38(2,35)17-20-10-7-11-22(14-20)31-26-30-18-29-25(32-26)23-13-12-21(28)15-24(23)37-16-19-8-5-4-6-9-19/h4-15,18,38H,3,16-17H2,1-2H3,(H,33,34,35)(H,29,30,31,32). The van der Waals surface area contributed by atoms with Crippen molar-refractivity contribution in [3.05, 3.63) is 96.1 Å². The average molecular weight is 538 g/mol. The molecule has 0 spiro atoms. The summed E-state index contributed by atoms with van der Waals surface area (Å²) in [6, 6.07) is 21.0. The highest BCUT2D eigenvalue weighted by atomic mass is 32.3. The number of carbonyl (C=O) groups excluding carboxylic acids is 1. The fourth-order valence-electron chi connectivity index (χ4n) is 3.61. The van der Waals surface area contributed by atoms with Crippen LogP contribution in [0.3, 0.4) is 0 Å². The van der Waals surface area contributed by atoms with Gasteiger partial charge in [0.05, 0.1) is 12.2 Å². The van der Waals surface area contributed by atoms with Crippen LogP contribution in [0.1, 0.15) is 18.1 Å². The van der Waals surface area contributed by atoms with Crippen molar-refractivity contribution in [1.29, 1.82) is 0 Å². The first kappa shape index (κ1) is 26.8. The Kier molecular flexibility index (Phi) is 8.72. The Morgan fingerprint density at radius 2 is 1.84 bits per heavy atom. The number of hydrogen-bond donors (Lipinski definition) is 3. The van der Waals surface area contributed by atoms with E-state index >= 15 is 0 Å². The van der Waals surface area contributed by atoms with Gasteiger partial charge in [-0.3, -0.25) is 0 Å². The van der Waals surface area contributed by atoms with Gasteiger partial charge in [0.1, 0.15) is 24.5 Å². The number of nitrogens with zero attached hydrogens (tertiary/aromatic N) is 4. The van der Waals surface area contributed by atoms with Crippen molar-refractivity contribution in [2.45, 2.75) is 19.3 Å². The first-order valence-corrected chi connectivity index (χ1v) is 14.1. The lowest BCUT2D eigenvalue weighted by Crippen LogP contribution is -2.14. The molecule has 0 saturated heterocycles. The minimum absolute atomic E-state index is 0.189. The number of rotatable bonds is 9. The predicted octanol–water partition coefficient (Wildman–Crippen LogP) is 5.83. The number of carbonyl (C=O) groups is 1. The van der Waals surface area contributed by atoms with E-state index in [0.29, 0.717) is 22.8 Å². The van der Waals surface area contributed by atoms with E-state index in [1.54, 1.807) is 25.3 Å². The number of nitrogens with one attached hydrogen (secondary N) is 1. The fraction of sp³-hybridized carbons (Fsp3) is 0.185. The summed E-state index contributed by atoms with van der Waals surface area (Å²) in [7, 11) is -2.90. The van der Waals surface area contributed by atoms with Crippen LogP contribution in [0.5, 0.6) is 5.75 Å². The Morgan fingerprint density at radius 3 is 2.63 bits per heavy atom. The van der Waals surface area contributed by atoms with Gasteiger partial charge in [0.2, 0.25) is 5.95 Å². The van der Waals surface area contributed by atoms with Crippen molar-refractivity contribution in [3.63, 3.8) is 0 Å². The molecule has 3 aromatic carbocycles. The highest BCUT2D eigenvalue weighted by Crippen LogP contribution is 2.30. The topological polar surface area (TPSA) is 119 Å². The van der Waals surface area contributed by atoms with E-state index in [2.05, 4.69) is 24.6 Å². The second-order valence-corrected chi connectivity index (χ2v) is 11.1. The van der Waals surface area contributed by atoms with E-state index in [1.165, 1.54) is 18.5 Å². The normalized spacial score (nSPS) is 11.5. The van der Waals surface area contributed by atoms with Gasteiger partial charge in [0.25, 0.3) is 0 Å². The van der Waals surface area contributed by atoms with E-state index < -0.39 is 22.0 Å². The molecule has 0 unspecified atom stereocenters. The zero-order valence-electron chi connectivity index (χ0n) is 20.9. The van der Waals surface area contributed by atoms with E-state index in [9.17, 15) is 13.7 Å². The maximum atomic E-state index is 14.0. The van der Waals surface area contributed by atoms with Crippen molar-refractivity contribution < 1.29 is 23.2 Å². The number of hydrogen-bond acceptors (Lipinski definition) is 7. The minimum atomic E-state index is -2.90. The van der Waals surface area contributed by atoms with Crippen molar-refractivity contribution in [3.8, 4) is 17.1 Å². The number of anilines is 2. The van der Waals surface area contributed by atoms with Gasteiger partial charge in [-0.05, 0) is 48.6 Å². The predicted molar refractivity (Wildman–Crippen MR) is 146 cm³/mol. The third kappa shape index (κ3) is 7.64. The number of thiol groups is 1. The fourth-order valence-corrected chi connectivity index (χ4v) is 4.98. The van der Waals surface area contributed by atoms with Crippen LogP contribution in [-0.2, 0) is 27.2 Å². The number of aromatic nitrogens is 3. The summed E-state index contributed by atoms with van der Waals surface area (Å²) in [6.07, 6.45) is 2.13. The first-order valence-electron chi connectivity index (χ1n) is 11.8. The molecule has 0 saturated carbocycles. The lowest BCUT2D eigenvalue weighted by atomic mass is 10.1. The Hall–Kier alpha value is -4.22. The lowest BCUT2D eigenvalue weighted by molar-refractivity contribution is 0.164. The molecule has 0 aliphatic heterocycles. The van der Waals surface area contributed by atoms with Gasteiger partial charge in [-0.15, -0.1) is 0 Å². The molecular formula is C27H28FN5O4S. The van der Waals surface area contributed by atoms with Crippen LogP contribution >= 0.6 is 0 Å². The van der Waals surface area contributed by atoms with Gasteiger partial charge < -0.3 is 19.3 Å². The summed E-state index contributed by atoms with van der Waals surface area (Å²) < 4.78 is 39.2. The molecule has 0 aliphatic carbocycles. The van der Waals surface area contributed by atoms with Gasteiger partial charge in [0, 0.05) is 17.5 Å². The molecule has 0 radical (unpaired) electrons. The van der Waals surface area contributed by atoms with Crippen LogP contribution < -0.4 is 10.1 Å². The van der Waals surface area contributed by atoms with Crippen LogP contribution in [-0.4, -0.2) is 38.5 Å². The maximum Gasteiger partial charge on any atom is 0.439 e. The molecule has 1 heterocycles. The maximum absolute atomic E-state index is 14.0. The second kappa shape index (κ2) is 12.3. The molecule has 38 heavy (non-hydrogen) atoms. The highest BCUT2D eigenvalue weighted by molar-refractivity contribution is 7.98. The summed E-state index contributed by atoms with van der Waals surface area (Å²) in [5.41, 5.74) is 2.89. The number of benzene rings is 3. The summed E-state index contributed by atoms with van der Waals surface area (Å²) in [6.45, 7) is 2.13. The number of amides is 1. The quantitative estimate of drug-likeness (QED) is 0.228. The van der Waals surface area contributed by atoms with Crippen molar-refractivity contribution in [2.24, 2.45) is 4.36 Å². The highest BCUT2D eigenvalue weighted by Gasteiger charge is 2.13. The molecule has 1 amide bonds. The van der Waals surface area contributed by atoms with Crippen LogP contribution in [0.25, 0.3) is 11.4 Å². The largest absolute Gasteiger partial charge is 0.488 e. The number of ether oxygens (including phenoxy) is 2. The smallest absolute Gasteiger partial charge is 0.439 e. The molecular weight excluding hydrogens is 509 g/mol. The average Bonchev–Trinajstić information content (AvgIpc) is 2.88. The molecule has 9 nitrogen and oxygen atoms in total. The van der Waals surface area contributed by atoms with Gasteiger partial charge in [-0.2, -0.15) is 9.35 Å². The van der Waals surface area contributed by atoms with E-state index in [-0.39, 0.29) is 24.9 Å². The van der Waals surface area contributed by atoms with Gasteiger partial charge in [0.15, 0.2) is 5.82 Å². The molecule has 0 fully saturated rings. The Morgan fingerprint density at radius 1 is 1.05 bits per heavy atom. The molecule has 2 N–H and O–H groups in total. The zero-order valence-corrected chi connectivity index (χ0v) is 21.8. The molecule has 4 rings (SSSR count). The summed E-state index contributed by atoms with van der Waals surface area (Å²) in [4.78, 5) is 24.6. The Balaban J connectivity index is 1.52. The number of halogens is 1. The Bertz CT molecular complexity index is 1460. The van der Waals surface area contributed by atoms with E-state index in [0.717, 1.165) is 11.1 Å². The monoisotopic (exact) mass is 537 g/mol. The van der Waals surface area contributed by atoms with E-state index in [1.807, 2.05) is 48.5 Å². The SMILES string of the molecule is CCOC(=O)N=[SH](C)(O)Cc1cccc(Nc2ncnc(-c3ccc(F)cc3OCc3ccccc3)n2)c1. The van der Waals surface area contributed by atoms with Gasteiger partial charge in [-0.1, -0.05) is 52.6 Å². The van der Waals surface area contributed by atoms with Crippen LogP contribution in [0.15, 0.2) is 83.5 Å². The third-order valence-corrected chi connectivity index (χ3v) is 6.78. The summed E-state index contributed by atoms with van der Waals surface area (Å²) in [5.74, 6) is 0.646. The lowest BCUT2D eigenvalue weighted by Gasteiger charge is -2.18. The second-order valence-electron chi connectivity index (χ2n) is 8.42. The summed E-state index contributed by atoms with van der Waals surface area (Å²) >= 11 is 0. The van der Waals surface area contributed by atoms with E-state index in [4.69, 9.17) is 9.47 Å². The zero-order chi connectivity index (χ0) is 27.0. The molecule has 1 aromatic heterocycles. The summed E-state index contributed by atoms with van der Waals surface area (Å²) in [5, 5.41) is 3.12. The van der Waals surface area contributed by atoms with Crippen LogP contribution in [0.2, 0.25) is 0 Å². The minimum Gasteiger partial charge on any atom is -0.488 e. The first-order chi connectivity index (χ1) is 18.3. The van der Waals surface area contributed by atoms with Crippen molar-refractivity contribution in [2.75, 3.05) is 18.2 Å².